The smallest absolute Gasteiger partial charge is 0.261 e. The summed E-state index contributed by atoms with van der Waals surface area (Å²) in [5, 5.41) is 0. The van der Waals surface area contributed by atoms with Crippen molar-refractivity contribution in [2.75, 3.05) is 7.11 Å². The van der Waals surface area contributed by atoms with Crippen LogP contribution in [0.5, 0.6) is 0 Å². The van der Waals surface area contributed by atoms with Crippen molar-refractivity contribution in [1.29, 1.82) is 0 Å². The van der Waals surface area contributed by atoms with E-state index in [9.17, 15) is 9.59 Å². The Bertz CT molecular complexity index is 748. The number of imide groups is 1. The number of carbonyl (C=O) groups is 2. The van der Waals surface area contributed by atoms with E-state index in [1.807, 2.05) is 24.3 Å². The van der Waals surface area contributed by atoms with Crippen LogP contribution in [0.25, 0.3) is 0 Å². The van der Waals surface area contributed by atoms with E-state index in [4.69, 9.17) is 4.74 Å². The molecule has 0 spiro atoms. The van der Waals surface area contributed by atoms with Gasteiger partial charge >= 0.3 is 0 Å². The van der Waals surface area contributed by atoms with Crippen LogP contribution in [0.4, 0.5) is 0 Å². The number of hydrogen-bond donors (Lipinski definition) is 0. The van der Waals surface area contributed by atoms with Crippen molar-refractivity contribution >= 4 is 11.8 Å². The average Bonchev–Trinajstić information content (AvgIpc) is 3.03. The summed E-state index contributed by atoms with van der Waals surface area (Å²) >= 11 is 0. The molecule has 2 aromatic carbocycles. The second kappa shape index (κ2) is 4.78. The number of benzene rings is 2. The van der Waals surface area contributed by atoms with Crippen LogP contribution in [0, 0.1) is 0 Å². The maximum absolute atomic E-state index is 12.7. The first-order chi connectivity index (χ1) is 10.7. The monoisotopic (exact) mass is 293 g/mol. The normalized spacial score (nSPS) is 22.9. The van der Waals surface area contributed by atoms with Crippen LogP contribution in [0.3, 0.4) is 0 Å². The molecule has 2 amide bonds. The van der Waals surface area contributed by atoms with Gasteiger partial charge in [0.15, 0.2) is 0 Å². The molecule has 2 atom stereocenters. The molecule has 1 aliphatic heterocycles. The maximum atomic E-state index is 12.7. The molecule has 110 valence electrons. The second-order valence-corrected chi connectivity index (χ2v) is 5.65. The van der Waals surface area contributed by atoms with Crippen molar-refractivity contribution in [2.45, 2.75) is 18.6 Å². The van der Waals surface area contributed by atoms with Gasteiger partial charge in [-0.3, -0.25) is 14.5 Å². The molecule has 0 saturated carbocycles. The Balaban J connectivity index is 1.76. The van der Waals surface area contributed by atoms with Gasteiger partial charge < -0.3 is 4.74 Å². The number of methoxy groups -OCH3 is 1. The predicted molar refractivity (Wildman–Crippen MR) is 80.6 cm³/mol. The van der Waals surface area contributed by atoms with Crippen molar-refractivity contribution in [3.05, 3.63) is 70.8 Å². The lowest BCUT2D eigenvalue weighted by Gasteiger charge is -2.27. The third-order valence-corrected chi connectivity index (χ3v) is 4.55. The summed E-state index contributed by atoms with van der Waals surface area (Å²) in [5.74, 6) is -0.444. The van der Waals surface area contributed by atoms with Gasteiger partial charge in [0.2, 0.25) is 0 Å². The lowest BCUT2D eigenvalue weighted by Crippen LogP contribution is -2.42. The quantitative estimate of drug-likeness (QED) is 0.800. The standard InChI is InChI=1S/C18H15NO3/c1-22-16-12-7-3-2-6-11(12)10-15(16)19-17(20)13-8-4-5-9-14(13)18(19)21/h2-9,15-16H,10H2,1H3/t15-,16-/m1/s1. The fourth-order valence-corrected chi connectivity index (χ4v) is 3.56. The molecule has 0 bridgehead atoms. The van der Waals surface area contributed by atoms with E-state index in [2.05, 4.69) is 0 Å². The van der Waals surface area contributed by atoms with Crippen LogP contribution in [0.2, 0.25) is 0 Å². The van der Waals surface area contributed by atoms with E-state index in [1.54, 1.807) is 31.4 Å². The van der Waals surface area contributed by atoms with E-state index < -0.39 is 0 Å². The minimum absolute atomic E-state index is 0.222. The summed E-state index contributed by atoms with van der Waals surface area (Å²) in [6.07, 6.45) is 0.374. The van der Waals surface area contributed by atoms with Gasteiger partial charge in [-0.15, -0.1) is 0 Å². The molecular weight excluding hydrogens is 278 g/mol. The molecule has 0 aromatic heterocycles. The zero-order chi connectivity index (χ0) is 15.3. The van der Waals surface area contributed by atoms with Crippen molar-refractivity contribution in [2.24, 2.45) is 0 Å². The number of ether oxygens (including phenoxy) is 1. The third kappa shape index (κ3) is 1.67. The maximum Gasteiger partial charge on any atom is 0.261 e. The Morgan fingerprint density at radius 3 is 2.18 bits per heavy atom. The second-order valence-electron chi connectivity index (χ2n) is 5.65. The molecule has 0 N–H and O–H groups in total. The van der Waals surface area contributed by atoms with Crippen molar-refractivity contribution in [1.82, 2.24) is 4.90 Å². The molecule has 0 fully saturated rings. The predicted octanol–water partition coefficient (Wildman–Crippen LogP) is 2.60. The lowest BCUT2D eigenvalue weighted by molar-refractivity contribution is 0.0226. The van der Waals surface area contributed by atoms with Crippen molar-refractivity contribution in [3.8, 4) is 0 Å². The van der Waals surface area contributed by atoms with Crippen LogP contribution in [0.15, 0.2) is 48.5 Å². The van der Waals surface area contributed by atoms with Crippen LogP contribution in [-0.4, -0.2) is 29.9 Å². The summed E-state index contributed by atoms with van der Waals surface area (Å²) in [7, 11) is 1.62. The Labute approximate surface area is 128 Å². The van der Waals surface area contributed by atoms with E-state index in [-0.39, 0.29) is 24.0 Å². The summed E-state index contributed by atoms with van der Waals surface area (Å²) in [6.45, 7) is 0. The van der Waals surface area contributed by atoms with Gasteiger partial charge in [0.05, 0.1) is 17.2 Å². The van der Waals surface area contributed by atoms with Gasteiger partial charge in [-0.2, -0.15) is 0 Å². The molecule has 0 unspecified atom stereocenters. The molecular formula is C18H15NO3. The highest BCUT2D eigenvalue weighted by Crippen LogP contribution is 2.39. The Kier molecular flexibility index (Phi) is 2.87. The Morgan fingerprint density at radius 1 is 0.955 bits per heavy atom. The lowest BCUT2D eigenvalue weighted by atomic mass is 10.1. The summed E-state index contributed by atoms with van der Waals surface area (Å²) in [5.41, 5.74) is 3.17. The van der Waals surface area contributed by atoms with Gasteiger partial charge in [0, 0.05) is 7.11 Å². The number of rotatable bonds is 2. The molecule has 4 heteroatoms. The molecule has 0 saturated heterocycles. The molecule has 2 aromatic rings. The summed E-state index contributed by atoms with van der Waals surface area (Å²) in [6, 6.07) is 14.6. The van der Waals surface area contributed by atoms with Crippen LogP contribution in [0.1, 0.15) is 37.9 Å². The first-order valence-electron chi connectivity index (χ1n) is 7.30. The summed E-state index contributed by atoms with van der Waals surface area (Å²) in [4.78, 5) is 26.7. The number of carbonyl (C=O) groups excluding carboxylic acids is 2. The average molecular weight is 293 g/mol. The highest BCUT2D eigenvalue weighted by atomic mass is 16.5. The van der Waals surface area contributed by atoms with E-state index >= 15 is 0 Å². The van der Waals surface area contributed by atoms with Gasteiger partial charge in [-0.1, -0.05) is 36.4 Å². The molecule has 0 radical (unpaired) electrons. The topological polar surface area (TPSA) is 46.6 Å². The van der Waals surface area contributed by atoms with Crippen LogP contribution >= 0.6 is 0 Å². The first kappa shape index (κ1) is 13.2. The molecule has 4 rings (SSSR count). The molecule has 1 aliphatic carbocycles. The zero-order valence-electron chi connectivity index (χ0n) is 12.2. The van der Waals surface area contributed by atoms with Crippen molar-refractivity contribution < 1.29 is 14.3 Å². The molecule has 4 nitrogen and oxygen atoms in total. The molecule has 22 heavy (non-hydrogen) atoms. The van der Waals surface area contributed by atoms with Gasteiger partial charge in [-0.25, -0.2) is 0 Å². The molecule has 1 heterocycles. The van der Waals surface area contributed by atoms with E-state index in [0.29, 0.717) is 17.5 Å². The first-order valence-corrected chi connectivity index (χ1v) is 7.30. The number of hydrogen-bond acceptors (Lipinski definition) is 3. The van der Waals surface area contributed by atoms with Gasteiger partial charge in [-0.05, 0) is 29.7 Å². The minimum Gasteiger partial charge on any atom is -0.375 e. The van der Waals surface area contributed by atoms with Gasteiger partial charge in [0.25, 0.3) is 11.8 Å². The fraction of sp³-hybridized carbons (Fsp3) is 0.222. The van der Waals surface area contributed by atoms with Crippen LogP contribution < -0.4 is 0 Å². The number of fused-ring (bicyclic) bond motifs is 2. The minimum atomic E-state index is -0.283. The van der Waals surface area contributed by atoms with Gasteiger partial charge in [0.1, 0.15) is 6.10 Å². The third-order valence-electron chi connectivity index (χ3n) is 4.55. The largest absolute Gasteiger partial charge is 0.375 e. The Hall–Kier alpha value is -2.46. The van der Waals surface area contributed by atoms with Crippen molar-refractivity contribution in [3.63, 3.8) is 0 Å². The zero-order valence-corrected chi connectivity index (χ0v) is 12.2. The number of nitrogens with zero attached hydrogens (tertiary/aromatic N) is 1. The number of amides is 2. The SMILES string of the molecule is CO[C@@H]1c2ccccc2C[C@H]1N1C(=O)c2ccccc2C1=O. The highest BCUT2D eigenvalue weighted by Gasteiger charge is 2.46. The van der Waals surface area contributed by atoms with Crippen LogP contribution in [-0.2, 0) is 11.2 Å². The fourth-order valence-electron chi connectivity index (χ4n) is 3.56. The summed E-state index contributed by atoms with van der Waals surface area (Å²) < 4.78 is 5.61. The Morgan fingerprint density at radius 2 is 1.55 bits per heavy atom. The molecule has 2 aliphatic rings. The van der Waals surface area contributed by atoms with E-state index in [0.717, 1.165) is 11.1 Å². The highest BCUT2D eigenvalue weighted by molar-refractivity contribution is 6.21. The van der Waals surface area contributed by atoms with E-state index in [1.165, 1.54) is 4.90 Å².